The number of hydrogen-bond donors (Lipinski definition) is 1. The largest absolute Gasteiger partial charge is 0.319 e. The smallest absolute Gasteiger partial charge is 0.274 e. The van der Waals surface area contributed by atoms with Crippen molar-refractivity contribution in [2.24, 2.45) is 0 Å². The third-order valence-electron chi connectivity index (χ3n) is 2.51. The average Bonchev–Trinajstić information content (AvgIpc) is 2.32. The van der Waals surface area contributed by atoms with Crippen molar-refractivity contribution in [2.45, 2.75) is 13.8 Å². The maximum atomic E-state index is 12.0. The van der Waals surface area contributed by atoms with Crippen LogP contribution in [0.2, 0.25) is 0 Å². The molecular weight excluding hydrogens is 214 g/mol. The number of nitrogens with zero attached hydrogens (tertiary/aromatic N) is 2. The molecule has 0 atom stereocenters. The zero-order chi connectivity index (χ0) is 12.3. The molecule has 0 aliphatic carbocycles. The molecule has 0 saturated carbocycles. The predicted molar refractivity (Wildman–Crippen MR) is 65.9 cm³/mol. The van der Waals surface area contributed by atoms with Crippen molar-refractivity contribution in [3.8, 4) is 0 Å². The maximum absolute atomic E-state index is 12.0. The second kappa shape index (κ2) is 4.74. The van der Waals surface area contributed by atoms with Crippen molar-refractivity contribution in [2.75, 3.05) is 5.32 Å². The Morgan fingerprint density at radius 3 is 2.71 bits per heavy atom. The van der Waals surface area contributed by atoms with Crippen LogP contribution in [0.5, 0.6) is 0 Å². The summed E-state index contributed by atoms with van der Waals surface area (Å²) in [6.07, 6.45) is 4.93. The highest BCUT2D eigenvalue weighted by molar-refractivity contribution is 6.04. The molecule has 17 heavy (non-hydrogen) atoms. The van der Waals surface area contributed by atoms with E-state index < -0.39 is 0 Å². The molecule has 2 rings (SSSR count). The summed E-state index contributed by atoms with van der Waals surface area (Å²) in [4.78, 5) is 20.0. The van der Waals surface area contributed by atoms with Crippen LogP contribution in [-0.4, -0.2) is 15.9 Å². The normalized spacial score (nSPS) is 10.0. The van der Waals surface area contributed by atoms with Gasteiger partial charge in [0.2, 0.25) is 0 Å². The number of anilines is 1. The Hall–Kier alpha value is -2.23. The van der Waals surface area contributed by atoms with Crippen LogP contribution in [0, 0.1) is 13.8 Å². The molecule has 0 radical (unpaired) electrons. The summed E-state index contributed by atoms with van der Waals surface area (Å²) >= 11 is 0. The second-order valence-electron chi connectivity index (χ2n) is 3.81. The molecule has 1 amide bonds. The number of aromatic nitrogens is 2. The quantitative estimate of drug-likeness (QED) is 0.856. The van der Waals surface area contributed by atoms with E-state index in [1.165, 1.54) is 0 Å². The van der Waals surface area contributed by atoms with E-state index >= 15 is 0 Å². The highest BCUT2D eigenvalue weighted by Gasteiger charge is 2.11. The Bertz CT molecular complexity index is 552. The number of carbonyl (C=O) groups excluding carboxylic acids is 1. The van der Waals surface area contributed by atoms with Gasteiger partial charge >= 0.3 is 0 Å². The fourth-order valence-corrected chi connectivity index (χ4v) is 1.50. The third-order valence-corrected chi connectivity index (χ3v) is 2.51. The lowest BCUT2D eigenvalue weighted by molar-refractivity contribution is 0.102. The van der Waals surface area contributed by atoms with Crippen LogP contribution >= 0.6 is 0 Å². The van der Waals surface area contributed by atoms with Gasteiger partial charge in [-0.25, -0.2) is 0 Å². The van der Waals surface area contributed by atoms with Crippen LogP contribution in [0.1, 0.15) is 21.6 Å². The van der Waals surface area contributed by atoms with Gasteiger partial charge in [0.05, 0.1) is 11.9 Å². The lowest BCUT2D eigenvalue weighted by Gasteiger charge is -2.08. The highest BCUT2D eigenvalue weighted by atomic mass is 16.1. The standard InChI is InChI=1S/C13H13N3O/c1-9-5-7-14-8-11(9)16-13(17)12-10(2)4-3-6-15-12/h3-8H,1-2H3,(H,16,17). The summed E-state index contributed by atoms with van der Waals surface area (Å²) < 4.78 is 0. The first kappa shape index (κ1) is 11.3. The van der Waals surface area contributed by atoms with Gasteiger partial charge < -0.3 is 5.32 Å². The number of hydrogen-bond acceptors (Lipinski definition) is 3. The monoisotopic (exact) mass is 227 g/mol. The summed E-state index contributed by atoms with van der Waals surface area (Å²) in [6, 6.07) is 5.51. The maximum Gasteiger partial charge on any atom is 0.274 e. The Morgan fingerprint density at radius 1 is 1.18 bits per heavy atom. The van der Waals surface area contributed by atoms with Crippen molar-refractivity contribution in [1.82, 2.24) is 9.97 Å². The first-order valence-electron chi connectivity index (χ1n) is 5.32. The molecule has 4 heteroatoms. The number of pyridine rings is 2. The predicted octanol–water partition coefficient (Wildman–Crippen LogP) is 2.35. The van der Waals surface area contributed by atoms with Gasteiger partial charge in [-0.3, -0.25) is 14.8 Å². The fraction of sp³-hybridized carbons (Fsp3) is 0.154. The molecular formula is C13H13N3O. The van der Waals surface area contributed by atoms with Crippen LogP contribution in [-0.2, 0) is 0 Å². The lowest BCUT2D eigenvalue weighted by Crippen LogP contribution is -2.15. The molecule has 86 valence electrons. The summed E-state index contributed by atoms with van der Waals surface area (Å²) in [5, 5.41) is 2.80. The van der Waals surface area contributed by atoms with E-state index in [4.69, 9.17) is 0 Å². The number of amides is 1. The van der Waals surface area contributed by atoms with Crippen molar-refractivity contribution in [1.29, 1.82) is 0 Å². The molecule has 0 saturated heterocycles. The molecule has 2 heterocycles. The number of rotatable bonds is 2. The topological polar surface area (TPSA) is 54.9 Å². The Balaban J connectivity index is 2.24. The number of aryl methyl sites for hydroxylation is 2. The molecule has 1 N–H and O–H groups in total. The van der Waals surface area contributed by atoms with Gasteiger partial charge in [0.25, 0.3) is 5.91 Å². The fourth-order valence-electron chi connectivity index (χ4n) is 1.50. The van der Waals surface area contributed by atoms with Gasteiger partial charge in [0.1, 0.15) is 5.69 Å². The van der Waals surface area contributed by atoms with E-state index in [0.29, 0.717) is 11.4 Å². The van der Waals surface area contributed by atoms with E-state index in [9.17, 15) is 4.79 Å². The summed E-state index contributed by atoms with van der Waals surface area (Å²) in [6.45, 7) is 3.78. The third kappa shape index (κ3) is 2.47. The Morgan fingerprint density at radius 2 is 2.00 bits per heavy atom. The van der Waals surface area contributed by atoms with Crippen LogP contribution in [0.15, 0.2) is 36.8 Å². The molecule has 4 nitrogen and oxygen atoms in total. The minimum atomic E-state index is -0.209. The lowest BCUT2D eigenvalue weighted by atomic mass is 10.2. The summed E-state index contributed by atoms with van der Waals surface area (Å²) in [7, 11) is 0. The minimum Gasteiger partial charge on any atom is -0.319 e. The molecule has 0 bridgehead atoms. The summed E-state index contributed by atoms with van der Waals surface area (Å²) in [5.74, 6) is -0.209. The first-order valence-corrected chi connectivity index (χ1v) is 5.32. The van der Waals surface area contributed by atoms with Crippen molar-refractivity contribution in [3.05, 3.63) is 53.6 Å². The first-order chi connectivity index (χ1) is 8.18. The van der Waals surface area contributed by atoms with Gasteiger partial charge in [-0.15, -0.1) is 0 Å². The molecule has 0 unspecified atom stereocenters. The van der Waals surface area contributed by atoms with E-state index in [1.54, 1.807) is 24.7 Å². The molecule has 0 fully saturated rings. The second-order valence-corrected chi connectivity index (χ2v) is 3.81. The molecule has 2 aromatic rings. The van der Waals surface area contributed by atoms with Crippen LogP contribution in [0.25, 0.3) is 0 Å². The van der Waals surface area contributed by atoms with E-state index in [-0.39, 0.29) is 5.91 Å². The molecule has 0 aromatic carbocycles. The van der Waals surface area contributed by atoms with Crippen LogP contribution in [0.4, 0.5) is 5.69 Å². The van der Waals surface area contributed by atoms with Gasteiger partial charge in [-0.05, 0) is 37.1 Å². The molecule has 0 aliphatic rings. The van der Waals surface area contributed by atoms with Crippen molar-refractivity contribution in [3.63, 3.8) is 0 Å². The highest BCUT2D eigenvalue weighted by Crippen LogP contribution is 2.13. The summed E-state index contributed by atoms with van der Waals surface area (Å²) in [5.41, 5.74) is 2.98. The van der Waals surface area contributed by atoms with Gasteiger partial charge in [-0.1, -0.05) is 6.07 Å². The van der Waals surface area contributed by atoms with E-state index in [0.717, 1.165) is 11.1 Å². The van der Waals surface area contributed by atoms with E-state index in [2.05, 4.69) is 15.3 Å². The number of nitrogens with one attached hydrogen (secondary N) is 1. The minimum absolute atomic E-state index is 0.209. The van der Waals surface area contributed by atoms with Crippen molar-refractivity contribution >= 4 is 11.6 Å². The van der Waals surface area contributed by atoms with Crippen LogP contribution in [0.3, 0.4) is 0 Å². The average molecular weight is 227 g/mol. The zero-order valence-electron chi connectivity index (χ0n) is 9.77. The number of carbonyl (C=O) groups is 1. The van der Waals surface area contributed by atoms with E-state index in [1.807, 2.05) is 26.0 Å². The Kier molecular flexibility index (Phi) is 3.14. The van der Waals surface area contributed by atoms with Gasteiger partial charge in [0.15, 0.2) is 0 Å². The molecule has 0 aliphatic heterocycles. The van der Waals surface area contributed by atoms with Gasteiger partial charge in [-0.2, -0.15) is 0 Å². The molecule has 2 aromatic heterocycles. The SMILES string of the molecule is Cc1ccncc1NC(=O)c1ncccc1C. The molecule has 0 spiro atoms. The van der Waals surface area contributed by atoms with Gasteiger partial charge in [0, 0.05) is 12.4 Å². The van der Waals surface area contributed by atoms with Crippen LogP contribution < -0.4 is 5.32 Å². The zero-order valence-corrected chi connectivity index (χ0v) is 9.77. The Labute approximate surface area is 99.7 Å². The van der Waals surface area contributed by atoms with Crippen molar-refractivity contribution < 1.29 is 4.79 Å².